The van der Waals surface area contributed by atoms with E-state index in [9.17, 15) is 23.9 Å². The maximum atomic E-state index is 13.7. The quantitative estimate of drug-likeness (QED) is 0.560. The molecular formula is C20H22BrFN4O4. The van der Waals surface area contributed by atoms with Crippen molar-refractivity contribution in [3.05, 3.63) is 33.7 Å². The number of halogens is 2. The fourth-order valence-electron chi connectivity index (χ4n) is 4.53. The Bertz CT molecular complexity index is 968. The number of carboxylic acid groups (broad SMARTS) is 1. The molecule has 1 aliphatic heterocycles. The predicted molar refractivity (Wildman–Crippen MR) is 109 cm³/mol. The van der Waals surface area contributed by atoms with Crippen molar-refractivity contribution < 1.29 is 23.9 Å². The molecule has 10 heteroatoms. The van der Waals surface area contributed by atoms with Crippen LogP contribution in [0.4, 0.5) is 15.0 Å². The Labute approximate surface area is 181 Å². The van der Waals surface area contributed by atoms with Crippen LogP contribution in [-0.2, 0) is 9.59 Å². The standard InChI is InChI=1S/C20H22BrFN4O4/c1-10-5-6-15(21)24-16(10)25-18(28)13-7-20(8-14(20)26(13)19(29)30)9-23-17(27)11-3-2-4-12(11)22/h5-6,13-14H,2-4,7-9H2,1H3,(H,23,27)(H,29,30)(H,24,25,28). The number of amides is 3. The van der Waals surface area contributed by atoms with Gasteiger partial charge in [-0.2, -0.15) is 0 Å². The smallest absolute Gasteiger partial charge is 0.408 e. The number of allylic oxidation sites excluding steroid dienone is 1. The Morgan fingerprint density at radius 1 is 1.33 bits per heavy atom. The van der Waals surface area contributed by atoms with Gasteiger partial charge in [-0.25, -0.2) is 14.2 Å². The summed E-state index contributed by atoms with van der Waals surface area (Å²) in [5, 5.41) is 15.2. The molecule has 3 atom stereocenters. The molecule has 2 fully saturated rings. The van der Waals surface area contributed by atoms with Gasteiger partial charge in [0.1, 0.15) is 22.3 Å². The first-order chi connectivity index (χ1) is 14.2. The second-order valence-corrected chi connectivity index (χ2v) is 9.01. The Balaban J connectivity index is 1.45. The first-order valence-electron chi connectivity index (χ1n) is 9.83. The summed E-state index contributed by atoms with van der Waals surface area (Å²) in [4.78, 5) is 42.4. The second-order valence-electron chi connectivity index (χ2n) is 8.20. The highest BCUT2D eigenvalue weighted by molar-refractivity contribution is 9.10. The van der Waals surface area contributed by atoms with Crippen LogP contribution in [-0.4, -0.2) is 51.5 Å². The third kappa shape index (κ3) is 3.68. The molecule has 160 valence electrons. The third-order valence-electron chi connectivity index (χ3n) is 6.27. The Kier molecular flexibility index (Phi) is 5.29. The van der Waals surface area contributed by atoms with Crippen molar-refractivity contribution in [1.82, 2.24) is 15.2 Å². The van der Waals surface area contributed by atoms with Gasteiger partial charge in [0.25, 0.3) is 0 Å². The highest BCUT2D eigenvalue weighted by Gasteiger charge is 2.67. The lowest BCUT2D eigenvalue weighted by molar-refractivity contribution is -0.120. The van der Waals surface area contributed by atoms with Crippen molar-refractivity contribution >= 4 is 39.7 Å². The molecule has 2 aliphatic carbocycles. The predicted octanol–water partition coefficient (Wildman–Crippen LogP) is 3.13. The van der Waals surface area contributed by atoms with Crippen LogP contribution in [0.2, 0.25) is 0 Å². The number of nitrogens with zero attached hydrogens (tertiary/aromatic N) is 2. The van der Waals surface area contributed by atoms with E-state index in [0.717, 1.165) is 5.56 Å². The largest absolute Gasteiger partial charge is 0.465 e. The maximum Gasteiger partial charge on any atom is 0.408 e. The normalized spacial score (nSPS) is 27.1. The van der Waals surface area contributed by atoms with Crippen LogP contribution in [0, 0.1) is 12.3 Å². The fourth-order valence-corrected chi connectivity index (χ4v) is 4.83. The van der Waals surface area contributed by atoms with E-state index in [1.807, 2.05) is 0 Å². The molecule has 8 nitrogen and oxygen atoms in total. The molecule has 1 saturated heterocycles. The highest BCUT2D eigenvalue weighted by Crippen LogP contribution is 2.59. The van der Waals surface area contributed by atoms with Gasteiger partial charge in [-0.1, -0.05) is 6.07 Å². The third-order valence-corrected chi connectivity index (χ3v) is 6.71. The monoisotopic (exact) mass is 480 g/mol. The Hall–Kier alpha value is -2.49. The number of hydrogen-bond donors (Lipinski definition) is 3. The number of likely N-dealkylation sites (tertiary alicyclic amines) is 1. The molecule has 1 aromatic heterocycles. The number of hydrogen-bond acceptors (Lipinski definition) is 4. The molecule has 4 rings (SSSR count). The number of nitrogens with one attached hydrogen (secondary N) is 2. The highest BCUT2D eigenvalue weighted by atomic mass is 79.9. The first-order valence-corrected chi connectivity index (χ1v) is 10.6. The van der Waals surface area contributed by atoms with Crippen LogP contribution in [0.3, 0.4) is 0 Å². The minimum Gasteiger partial charge on any atom is -0.465 e. The van der Waals surface area contributed by atoms with Crippen LogP contribution >= 0.6 is 15.9 Å². The van der Waals surface area contributed by atoms with E-state index in [-0.39, 0.29) is 30.4 Å². The Morgan fingerprint density at radius 2 is 2.10 bits per heavy atom. The number of piperidine rings is 1. The molecule has 0 radical (unpaired) electrons. The number of carbonyl (C=O) groups excluding carboxylic acids is 2. The van der Waals surface area contributed by atoms with E-state index in [1.54, 1.807) is 19.1 Å². The van der Waals surface area contributed by atoms with Crippen LogP contribution in [0.5, 0.6) is 0 Å². The first kappa shape index (κ1) is 20.8. The van der Waals surface area contributed by atoms with E-state index >= 15 is 0 Å². The number of fused-ring (bicyclic) bond motifs is 1. The summed E-state index contributed by atoms with van der Waals surface area (Å²) in [6, 6.07) is 2.33. The average molecular weight is 481 g/mol. The van der Waals surface area contributed by atoms with E-state index < -0.39 is 29.4 Å². The van der Waals surface area contributed by atoms with Gasteiger partial charge in [0.15, 0.2) is 0 Å². The molecule has 3 unspecified atom stereocenters. The van der Waals surface area contributed by atoms with Gasteiger partial charge in [0.05, 0.1) is 0 Å². The van der Waals surface area contributed by atoms with Gasteiger partial charge < -0.3 is 15.7 Å². The molecule has 1 aromatic rings. The second kappa shape index (κ2) is 7.64. The summed E-state index contributed by atoms with van der Waals surface area (Å²) in [6.45, 7) is 2.01. The SMILES string of the molecule is Cc1ccc(Br)nc1NC(=O)C1CC2(CNC(=O)C3=C(F)CCC3)CC2N1C(=O)O. The lowest BCUT2D eigenvalue weighted by Gasteiger charge is -2.24. The molecule has 0 bridgehead atoms. The molecule has 3 amide bonds. The van der Waals surface area contributed by atoms with Gasteiger partial charge in [-0.15, -0.1) is 0 Å². The molecule has 1 saturated carbocycles. The zero-order chi connectivity index (χ0) is 21.6. The van der Waals surface area contributed by atoms with E-state index in [2.05, 4.69) is 31.5 Å². The van der Waals surface area contributed by atoms with Crippen LogP contribution in [0.15, 0.2) is 28.1 Å². The van der Waals surface area contributed by atoms with Crippen molar-refractivity contribution in [1.29, 1.82) is 0 Å². The summed E-state index contributed by atoms with van der Waals surface area (Å²) in [5.74, 6) is -0.890. The van der Waals surface area contributed by atoms with Gasteiger partial charge in [0, 0.05) is 23.6 Å². The summed E-state index contributed by atoms with van der Waals surface area (Å²) >= 11 is 3.26. The lowest BCUT2D eigenvalue weighted by Crippen LogP contribution is -2.45. The zero-order valence-corrected chi connectivity index (χ0v) is 18.0. The molecule has 3 N–H and O–H groups in total. The molecule has 3 aliphatic rings. The number of aromatic nitrogens is 1. The van der Waals surface area contributed by atoms with E-state index in [1.165, 1.54) is 4.90 Å². The minimum atomic E-state index is -1.17. The summed E-state index contributed by atoms with van der Waals surface area (Å²) in [6.07, 6.45) is 1.02. The number of rotatable bonds is 5. The van der Waals surface area contributed by atoms with Crippen molar-refractivity contribution in [3.8, 4) is 0 Å². The lowest BCUT2D eigenvalue weighted by atomic mass is 9.98. The van der Waals surface area contributed by atoms with Crippen LogP contribution in [0.25, 0.3) is 0 Å². The molecule has 2 heterocycles. The van der Waals surface area contributed by atoms with Crippen LogP contribution < -0.4 is 10.6 Å². The molecule has 0 spiro atoms. The van der Waals surface area contributed by atoms with Gasteiger partial charge in [-0.05, 0) is 66.6 Å². The molecule has 0 aromatic carbocycles. The van der Waals surface area contributed by atoms with Gasteiger partial charge in [-0.3, -0.25) is 14.5 Å². The molecule has 30 heavy (non-hydrogen) atoms. The maximum absolute atomic E-state index is 13.7. The summed E-state index contributed by atoms with van der Waals surface area (Å²) in [7, 11) is 0. The average Bonchev–Trinajstić information content (AvgIpc) is 3.04. The van der Waals surface area contributed by atoms with Crippen molar-refractivity contribution in [2.24, 2.45) is 5.41 Å². The van der Waals surface area contributed by atoms with Crippen molar-refractivity contribution in [3.63, 3.8) is 0 Å². The number of carbonyl (C=O) groups is 3. The van der Waals surface area contributed by atoms with Crippen LogP contribution in [0.1, 0.15) is 37.7 Å². The van der Waals surface area contributed by atoms with Crippen molar-refractivity contribution in [2.75, 3.05) is 11.9 Å². The topological polar surface area (TPSA) is 112 Å². The Morgan fingerprint density at radius 3 is 2.77 bits per heavy atom. The number of pyridine rings is 1. The van der Waals surface area contributed by atoms with Crippen molar-refractivity contribution in [2.45, 2.75) is 51.1 Å². The summed E-state index contributed by atoms with van der Waals surface area (Å²) < 4.78 is 14.3. The fraction of sp³-hybridized carbons (Fsp3) is 0.500. The zero-order valence-electron chi connectivity index (χ0n) is 16.4. The number of anilines is 1. The minimum absolute atomic E-state index is 0.183. The number of aryl methyl sites for hydroxylation is 1. The van der Waals surface area contributed by atoms with Gasteiger partial charge >= 0.3 is 6.09 Å². The van der Waals surface area contributed by atoms with E-state index in [4.69, 9.17) is 0 Å². The summed E-state index contributed by atoms with van der Waals surface area (Å²) in [5.41, 5.74) is 0.443. The van der Waals surface area contributed by atoms with E-state index in [0.29, 0.717) is 36.1 Å². The molecular weight excluding hydrogens is 459 g/mol. The van der Waals surface area contributed by atoms with Gasteiger partial charge in [0.2, 0.25) is 11.8 Å².